The topological polar surface area (TPSA) is 63.4 Å². The maximum atomic E-state index is 12.4. The van der Waals surface area contributed by atoms with Gasteiger partial charge in [-0.05, 0) is 35.6 Å². The minimum absolute atomic E-state index is 0.000292. The number of carbonyl (C=O) groups excluding carboxylic acids is 1. The van der Waals surface area contributed by atoms with Crippen LogP contribution in [-0.2, 0) is 13.0 Å². The summed E-state index contributed by atoms with van der Waals surface area (Å²) in [6.07, 6.45) is 0.881. The number of nitro groups is 1. The number of nitro benzene ring substituents is 1. The molecule has 0 radical (unpaired) electrons. The summed E-state index contributed by atoms with van der Waals surface area (Å²) in [5.41, 5.74) is 1.70. The summed E-state index contributed by atoms with van der Waals surface area (Å²) in [5.74, 6) is -0.0725. The number of benzene rings is 1. The van der Waals surface area contributed by atoms with E-state index in [-0.39, 0.29) is 11.6 Å². The normalized spacial score (nSPS) is 13.9. The number of hydrogen-bond donors (Lipinski definition) is 0. The van der Waals surface area contributed by atoms with E-state index in [4.69, 9.17) is 0 Å². The van der Waals surface area contributed by atoms with Gasteiger partial charge in [0.1, 0.15) is 0 Å². The third-order valence-electron chi connectivity index (χ3n) is 3.42. The molecule has 0 atom stereocenters. The fourth-order valence-electron chi connectivity index (χ4n) is 2.33. The van der Waals surface area contributed by atoms with Gasteiger partial charge in [0.25, 0.3) is 11.6 Å². The van der Waals surface area contributed by atoms with Crippen LogP contribution in [0.3, 0.4) is 0 Å². The molecule has 5 nitrogen and oxygen atoms in total. The van der Waals surface area contributed by atoms with E-state index in [0.29, 0.717) is 18.7 Å². The molecule has 2 aromatic rings. The molecule has 1 aromatic carbocycles. The highest BCUT2D eigenvalue weighted by Gasteiger charge is 2.22. The van der Waals surface area contributed by atoms with Crippen LogP contribution < -0.4 is 0 Å². The Morgan fingerprint density at radius 1 is 1.25 bits per heavy atom. The smallest absolute Gasteiger partial charge is 0.269 e. The average molecular weight is 288 g/mol. The molecule has 0 spiro atoms. The van der Waals surface area contributed by atoms with Gasteiger partial charge in [0.05, 0.1) is 4.92 Å². The standard InChI is InChI=1S/C14H12N2O3S/c17-14(10-1-3-12(4-2-10)16(18)19)15-7-5-13-11(9-15)6-8-20-13/h1-4,6,8H,5,7,9H2. The Balaban J connectivity index is 1.78. The van der Waals surface area contributed by atoms with E-state index < -0.39 is 4.92 Å². The summed E-state index contributed by atoms with van der Waals surface area (Å²) in [5, 5.41) is 12.6. The van der Waals surface area contributed by atoms with Crippen molar-refractivity contribution < 1.29 is 9.72 Å². The van der Waals surface area contributed by atoms with E-state index in [2.05, 4.69) is 6.07 Å². The van der Waals surface area contributed by atoms with Gasteiger partial charge in [-0.2, -0.15) is 0 Å². The van der Waals surface area contributed by atoms with Gasteiger partial charge in [0, 0.05) is 35.7 Å². The fourth-order valence-corrected chi connectivity index (χ4v) is 3.22. The number of nitrogens with zero attached hydrogens (tertiary/aromatic N) is 2. The van der Waals surface area contributed by atoms with Crippen molar-refractivity contribution in [3.8, 4) is 0 Å². The van der Waals surface area contributed by atoms with Crippen LogP contribution in [-0.4, -0.2) is 22.3 Å². The molecule has 1 aromatic heterocycles. The largest absolute Gasteiger partial charge is 0.334 e. The van der Waals surface area contributed by atoms with Gasteiger partial charge in [-0.3, -0.25) is 14.9 Å². The number of amides is 1. The molecule has 3 rings (SSSR count). The van der Waals surface area contributed by atoms with Crippen molar-refractivity contribution in [1.82, 2.24) is 4.90 Å². The van der Waals surface area contributed by atoms with Crippen LogP contribution in [0.15, 0.2) is 35.7 Å². The van der Waals surface area contributed by atoms with Crippen LogP contribution in [0.5, 0.6) is 0 Å². The van der Waals surface area contributed by atoms with Crippen LogP contribution in [0, 0.1) is 10.1 Å². The lowest BCUT2D eigenvalue weighted by Crippen LogP contribution is -2.35. The van der Waals surface area contributed by atoms with Crippen LogP contribution in [0.2, 0.25) is 0 Å². The summed E-state index contributed by atoms with van der Waals surface area (Å²) in [4.78, 5) is 25.6. The number of carbonyl (C=O) groups is 1. The van der Waals surface area contributed by atoms with E-state index >= 15 is 0 Å². The lowest BCUT2D eigenvalue weighted by atomic mass is 10.1. The Morgan fingerprint density at radius 3 is 2.70 bits per heavy atom. The SMILES string of the molecule is O=C(c1ccc([N+](=O)[O-])cc1)N1CCc2sccc2C1. The molecular weight excluding hydrogens is 276 g/mol. The number of fused-ring (bicyclic) bond motifs is 1. The van der Waals surface area contributed by atoms with Gasteiger partial charge in [0.2, 0.25) is 0 Å². The third kappa shape index (κ3) is 2.30. The van der Waals surface area contributed by atoms with E-state index in [0.717, 1.165) is 6.42 Å². The summed E-state index contributed by atoms with van der Waals surface area (Å²) >= 11 is 1.73. The number of rotatable bonds is 2. The lowest BCUT2D eigenvalue weighted by Gasteiger charge is -2.27. The minimum Gasteiger partial charge on any atom is -0.334 e. The van der Waals surface area contributed by atoms with Crippen LogP contribution in [0.25, 0.3) is 0 Å². The molecule has 102 valence electrons. The third-order valence-corrected chi connectivity index (χ3v) is 4.44. The molecule has 1 aliphatic rings. The van der Waals surface area contributed by atoms with E-state index in [1.54, 1.807) is 16.2 Å². The van der Waals surface area contributed by atoms with E-state index in [1.165, 1.54) is 34.7 Å². The maximum absolute atomic E-state index is 12.4. The van der Waals surface area contributed by atoms with Gasteiger partial charge in [-0.25, -0.2) is 0 Å². The van der Waals surface area contributed by atoms with Crippen LogP contribution in [0.4, 0.5) is 5.69 Å². The molecule has 0 N–H and O–H groups in total. The maximum Gasteiger partial charge on any atom is 0.269 e. The van der Waals surface area contributed by atoms with Crippen LogP contribution >= 0.6 is 11.3 Å². The molecule has 1 aliphatic heterocycles. The first-order chi connectivity index (χ1) is 9.65. The first kappa shape index (κ1) is 12.8. The quantitative estimate of drug-likeness (QED) is 0.630. The van der Waals surface area contributed by atoms with E-state index in [1.807, 2.05) is 5.38 Å². The molecule has 0 bridgehead atoms. The Labute approximate surface area is 119 Å². The van der Waals surface area contributed by atoms with Gasteiger partial charge in [0.15, 0.2) is 0 Å². The molecule has 1 amide bonds. The highest BCUT2D eigenvalue weighted by Crippen LogP contribution is 2.25. The Hall–Kier alpha value is -2.21. The molecule has 0 unspecified atom stereocenters. The number of hydrogen-bond acceptors (Lipinski definition) is 4. The number of non-ortho nitro benzene ring substituents is 1. The van der Waals surface area contributed by atoms with Crippen LogP contribution in [0.1, 0.15) is 20.8 Å². The molecule has 0 aliphatic carbocycles. The molecule has 20 heavy (non-hydrogen) atoms. The molecule has 0 saturated carbocycles. The lowest BCUT2D eigenvalue weighted by molar-refractivity contribution is -0.384. The van der Waals surface area contributed by atoms with Crippen molar-refractivity contribution in [2.45, 2.75) is 13.0 Å². The minimum atomic E-state index is -0.465. The number of thiophene rings is 1. The summed E-state index contributed by atoms with van der Waals surface area (Å²) in [7, 11) is 0. The zero-order chi connectivity index (χ0) is 14.1. The van der Waals surface area contributed by atoms with Crippen molar-refractivity contribution in [3.05, 3.63) is 61.8 Å². The second kappa shape index (κ2) is 5.05. The first-order valence-corrected chi connectivity index (χ1v) is 7.12. The van der Waals surface area contributed by atoms with Gasteiger partial charge in [-0.1, -0.05) is 0 Å². The summed E-state index contributed by atoms with van der Waals surface area (Å²) in [6, 6.07) is 7.82. The Kier molecular flexibility index (Phi) is 3.23. The fraction of sp³-hybridized carbons (Fsp3) is 0.214. The van der Waals surface area contributed by atoms with Gasteiger partial charge >= 0.3 is 0 Å². The van der Waals surface area contributed by atoms with E-state index in [9.17, 15) is 14.9 Å². The van der Waals surface area contributed by atoms with Gasteiger partial charge in [-0.15, -0.1) is 11.3 Å². The molecule has 0 saturated heterocycles. The van der Waals surface area contributed by atoms with Gasteiger partial charge < -0.3 is 4.90 Å². The van der Waals surface area contributed by atoms with Crippen molar-refractivity contribution in [1.29, 1.82) is 0 Å². The van der Waals surface area contributed by atoms with Crippen molar-refractivity contribution in [3.63, 3.8) is 0 Å². The molecule has 0 fully saturated rings. The molecular formula is C14H12N2O3S. The zero-order valence-corrected chi connectivity index (χ0v) is 11.4. The highest BCUT2D eigenvalue weighted by atomic mass is 32.1. The molecule has 2 heterocycles. The predicted octanol–water partition coefficient (Wildman–Crippen LogP) is 2.85. The Bertz CT molecular complexity index is 663. The molecule has 6 heteroatoms. The summed E-state index contributed by atoms with van der Waals surface area (Å²) < 4.78 is 0. The Morgan fingerprint density at radius 2 is 2.00 bits per heavy atom. The predicted molar refractivity (Wildman–Crippen MR) is 75.9 cm³/mol. The second-order valence-electron chi connectivity index (χ2n) is 4.65. The highest BCUT2D eigenvalue weighted by molar-refractivity contribution is 7.10. The monoisotopic (exact) mass is 288 g/mol. The second-order valence-corrected chi connectivity index (χ2v) is 5.65. The van der Waals surface area contributed by atoms with Crippen molar-refractivity contribution >= 4 is 22.9 Å². The van der Waals surface area contributed by atoms with Crippen molar-refractivity contribution in [2.75, 3.05) is 6.54 Å². The first-order valence-electron chi connectivity index (χ1n) is 6.24. The summed E-state index contributed by atoms with van der Waals surface area (Å²) in [6.45, 7) is 1.32. The zero-order valence-electron chi connectivity index (χ0n) is 10.6. The van der Waals surface area contributed by atoms with Crippen molar-refractivity contribution in [2.24, 2.45) is 0 Å². The average Bonchev–Trinajstić information content (AvgIpc) is 2.94.